The Hall–Kier alpha value is -5.11. The molecule has 2 aliphatic heterocycles. The summed E-state index contributed by atoms with van der Waals surface area (Å²) in [5.74, 6) is -1.41. The van der Waals surface area contributed by atoms with E-state index in [0.29, 0.717) is 64.6 Å². The van der Waals surface area contributed by atoms with E-state index in [9.17, 15) is 24.0 Å². The number of nitrogens with zero attached hydrogens (tertiary/aromatic N) is 2. The smallest absolute Gasteiger partial charge is 0.333 e. The second-order valence-corrected chi connectivity index (χ2v) is 16.3. The Labute approximate surface area is 335 Å². The zero-order valence-corrected chi connectivity index (χ0v) is 34.0. The second-order valence-electron chi connectivity index (χ2n) is 16.3. The SMILES string of the molecule is C=C(C)C(=O)OCCCCCCN1C(=O)c2ccc3c4ccc5c6c(ccc(c7ccc(c2c37)C1=O)c64)C(=O)N(C(CCCCCCC)CCCCCCC)C5=O. The Morgan fingerprint density at radius 2 is 0.947 bits per heavy atom. The van der Waals surface area contributed by atoms with Crippen molar-refractivity contribution in [1.82, 2.24) is 9.80 Å². The first-order valence-corrected chi connectivity index (χ1v) is 21.5. The van der Waals surface area contributed by atoms with Gasteiger partial charge < -0.3 is 4.74 Å². The van der Waals surface area contributed by atoms with Crippen molar-refractivity contribution in [1.29, 1.82) is 0 Å². The van der Waals surface area contributed by atoms with E-state index in [-0.39, 0.29) is 29.7 Å². The summed E-state index contributed by atoms with van der Waals surface area (Å²) < 4.78 is 5.17. The van der Waals surface area contributed by atoms with Crippen molar-refractivity contribution in [3.63, 3.8) is 0 Å². The van der Waals surface area contributed by atoms with Crippen LogP contribution in [0.3, 0.4) is 0 Å². The summed E-state index contributed by atoms with van der Waals surface area (Å²) in [4.78, 5) is 71.5. The number of hydrogen-bond donors (Lipinski definition) is 0. The molecule has 0 saturated heterocycles. The zero-order chi connectivity index (χ0) is 40.2. The Balaban J connectivity index is 1.18. The van der Waals surface area contributed by atoms with Crippen LogP contribution >= 0.6 is 0 Å². The molecule has 5 aromatic rings. The lowest BCUT2D eigenvalue weighted by molar-refractivity contribution is -0.139. The number of unbranched alkanes of at least 4 members (excludes halogenated alkanes) is 11. The predicted molar refractivity (Wildman–Crippen MR) is 228 cm³/mol. The fraction of sp³-hybridized carbons (Fsp3) is 0.449. The number of ether oxygens (including phenoxy) is 1. The lowest BCUT2D eigenvalue weighted by atomic mass is 9.82. The minimum Gasteiger partial charge on any atom is -0.462 e. The van der Waals surface area contributed by atoms with E-state index in [0.717, 1.165) is 83.7 Å². The lowest BCUT2D eigenvalue weighted by Crippen LogP contribution is -2.47. The molecule has 0 radical (unpaired) electrons. The monoisotopic (exact) mass is 768 g/mol. The topological polar surface area (TPSA) is 101 Å². The molecular formula is C49H56N2O6. The maximum atomic E-state index is 14.5. The summed E-state index contributed by atoms with van der Waals surface area (Å²) in [5.41, 5.74) is 2.51. The van der Waals surface area contributed by atoms with Gasteiger partial charge in [0.2, 0.25) is 0 Å². The molecule has 8 nitrogen and oxygen atoms in total. The Bertz CT molecular complexity index is 2240. The molecule has 57 heavy (non-hydrogen) atoms. The molecule has 0 N–H and O–H groups in total. The van der Waals surface area contributed by atoms with Gasteiger partial charge in [-0.3, -0.25) is 29.0 Å². The number of imide groups is 2. The van der Waals surface area contributed by atoms with Gasteiger partial charge in [0.05, 0.1) is 6.61 Å². The van der Waals surface area contributed by atoms with E-state index >= 15 is 0 Å². The van der Waals surface area contributed by atoms with Crippen molar-refractivity contribution in [2.24, 2.45) is 0 Å². The van der Waals surface area contributed by atoms with Crippen LogP contribution in [0.1, 0.15) is 165 Å². The average molecular weight is 769 g/mol. The molecule has 7 rings (SSSR count). The quantitative estimate of drug-likeness (QED) is 0.0184. The summed E-state index contributed by atoms with van der Waals surface area (Å²) in [6, 6.07) is 15.2. The molecule has 0 bridgehead atoms. The van der Waals surface area contributed by atoms with Crippen molar-refractivity contribution < 1.29 is 28.7 Å². The molecule has 0 aliphatic carbocycles. The third-order valence-electron chi connectivity index (χ3n) is 12.3. The summed E-state index contributed by atoms with van der Waals surface area (Å²) >= 11 is 0. The Morgan fingerprint density at radius 3 is 1.39 bits per heavy atom. The number of rotatable bonds is 21. The van der Waals surface area contributed by atoms with Gasteiger partial charge in [-0.05, 0) is 95.6 Å². The first-order chi connectivity index (χ1) is 27.7. The van der Waals surface area contributed by atoms with Gasteiger partial charge in [0.1, 0.15) is 0 Å². The van der Waals surface area contributed by atoms with Crippen molar-refractivity contribution in [2.75, 3.05) is 13.2 Å². The van der Waals surface area contributed by atoms with Crippen molar-refractivity contribution in [3.05, 3.63) is 82.9 Å². The molecule has 0 fully saturated rings. The van der Waals surface area contributed by atoms with Crippen LogP contribution in [0.5, 0.6) is 0 Å². The van der Waals surface area contributed by atoms with Crippen molar-refractivity contribution in [3.8, 4) is 0 Å². The molecular weight excluding hydrogens is 713 g/mol. The fourth-order valence-electron chi connectivity index (χ4n) is 9.25. The molecule has 0 saturated carbocycles. The van der Waals surface area contributed by atoms with Crippen LogP contribution in [0.4, 0.5) is 0 Å². The van der Waals surface area contributed by atoms with Gasteiger partial charge in [-0.15, -0.1) is 0 Å². The number of esters is 1. The zero-order valence-electron chi connectivity index (χ0n) is 34.0. The highest BCUT2D eigenvalue weighted by atomic mass is 16.5. The molecule has 2 aliphatic rings. The van der Waals surface area contributed by atoms with E-state index in [1.165, 1.54) is 43.4 Å². The molecule has 8 heteroatoms. The number of benzene rings is 5. The highest BCUT2D eigenvalue weighted by Gasteiger charge is 2.39. The predicted octanol–water partition coefficient (Wildman–Crippen LogP) is 11.7. The highest BCUT2D eigenvalue weighted by Crippen LogP contribution is 2.46. The van der Waals surface area contributed by atoms with Gasteiger partial charge >= 0.3 is 5.97 Å². The minimum atomic E-state index is -0.394. The second kappa shape index (κ2) is 17.6. The van der Waals surface area contributed by atoms with Gasteiger partial charge in [0, 0.05) is 51.2 Å². The first kappa shape index (κ1) is 40.1. The number of hydrogen-bond acceptors (Lipinski definition) is 6. The van der Waals surface area contributed by atoms with Crippen LogP contribution in [0.15, 0.2) is 60.7 Å². The standard InChI is InChI=1S/C49H56N2O6/c1-5-7-9-11-15-19-32(20-16-12-10-8-6-2)51-47(54)39-27-23-35-33-21-25-37-43-38(26-22-34(41(33)43)36-24-28-40(48(51)55)44(39)42(35)36)46(53)50(45(37)52)29-17-13-14-18-30-57-49(56)31(3)4/h21-28,32H,3,5-20,29-30H2,1-2,4H3. The number of carbonyl (C=O) groups is 5. The van der Waals surface area contributed by atoms with Gasteiger partial charge in [-0.2, -0.15) is 0 Å². The van der Waals surface area contributed by atoms with Crippen molar-refractivity contribution in [2.45, 2.75) is 130 Å². The number of amides is 4. The van der Waals surface area contributed by atoms with Crippen LogP contribution in [0.2, 0.25) is 0 Å². The Morgan fingerprint density at radius 1 is 0.544 bits per heavy atom. The third kappa shape index (κ3) is 7.55. The maximum absolute atomic E-state index is 14.5. The van der Waals surface area contributed by atoms with E-state index in [4.69, 9.17) is 4.74 Å². The summed E-state index contributed by atoms with van der Waals surface area (Å²) in [6.45, 7) is 10.3. The normalized spacial score (nSPS) is 14.1. The van der Waals surface area contributed by atoms with E-state index < -0.39 is 5.97 Å². The summed E-state index contributed by atoms with van der Waals surface area (Å²) in [6.07, 6.45) is 15.9. The largest absolute Gasteiger partial charge is 0.462 e. The maximum Gasteiger partial charge on any atom is 0.333 e. The summed E-state index contributed by atoms with van der Waals surface area (Å²) in [5, 5.41) is 6.67. The van der Waals surface area contributed by atoms with Crippen LogP contribution in [0, 0.1) is 0 Å². The van der Waals surface area contributed by atoms with E-state index in [1.807, 2.05) is 48.5 Å². The minimum absolute atomic E-state index is 0.131. The number of fused-ring (bicyclic) bond motifs is 2. The molecule has 298 valence electrons. The van der Waals surface area contributed by atoms with Crippen LogP contribution < -0.4 is 0 Å². The number of carbonyl (C=O) groups excluding carboxylic acids is 5. The summed E-state index contributed by atoms with van der Waals surface area (Å²) in [7, 11) is 0. The third-order valence-corrected chi connectivity index (χ3v) is 12.3. The van der Waals surface area contributed by atoms with Gasteiger partial charge in [-0.25, -0.2) is 4.79 Å². The van der Waals surface area contributed by atoms with Crippen molar-refractivity contribution >= 4 is 72.7 Å². The molecule has 4 amide bonds. The van der Waals surface area contributed by atoms with Crippen LogP contribution in [-0.2, 0) is 9.53 Å². The van der Waals surface area contributed by atoms with Crippen LogP contribution in [0.25, 0.3) is 43.1 Å². The first-order valence-electron chi connectivity index (χ1n) is 21.5. The van der Waals surface area contributed by atoms with Gasteiger partial charge in [-0.1, -0.05) is 115 Å². The van der Waals surface area contributed by atoms with Gasteiger partial charge in [0.15, 0.2) is 0 Å². The molecule has 5 aromatic carbocycles. The average Bonchev–Trinajstić information content (AvgIpc) is 3.21. The fourth-order valence-corrected chi connectivity index (χ4v) is 9.25. The highest BCUT2D eigenvalue weighted by molar-refractivity contribution is 6.41. The molecule has 0 spiro atoms. The Kier molecular flexibility index (Phi) is 12.4. The van der Waals surface area contributed by atoms with E-state index in [2.05, 4.69) is 20.4 Å². The molecule has 0 unspecified atom stereocenters. The van der Waals surface area contributed by atoms with Gasteiger partial charge in [0.25, 0.3) is 23.6 Å². The molecule has 0 atom stereocenters. The molecule has 0 aromatic heterocycles. The van der Waals surface area contributed by atoms with Crippen LogP contribution in [-0.4, -0.2) is 58.6 Å². The van der Waals surface area contributed by atoms with E-state index in [1.54, 1.807) is 11.8 Å². The molecule has 2 heterocycles. The lowest BCUT2D eigenvalue weighted by Gasteiger charge is -2.35.